The number of rotatable bonds is 2. The Morgan fingerprint density at radius 1 is 1.03 bits per heavy atom. The van der Waals surface area contributed by atoms with Gasteiger partial charge >= 0.3 is 6.09 Å². The number of amides is 3. The summed E-state index contributed by atoms with van der Waals surface area (Å²) in [6.45, 7) is 9.12. The molecule has 3 fully saturated rings. The number of hydrogen-bond donors (Lipinski definition) is 1. The minimum atomic E-state index is -0.477. The molecule has 8 nitrogen and oxygen atoms in total. The number of fused-ring (bicyclic) bond motifs is 2. The molecule has 4 heterocycles. The molecule has 4 aliphatic rings. The Hall–Kier alpha value is -2.77. The van der Waals surface area contributed by atoms with E-state index in [0.29, 0.717) is 18.8 Å². The molecule has 0 saturated carbocycles. The minimum absolute atomic E-state index is 0.177. The van der Waals surface area contributed by atoms with Gasteiger partial charge in [0.25, 0.3) is 0 Å². The van der Waals surface area contributed by atoms with E-state index in [9.17, 15) is 14.4 Å². The number of ether oxygens (including phenoxy) is 1. The second-order valence-electron chi connectivity index (χ2n) is 10.7. The molecule has 3 amide bonds. The number of hydrogen-bond acceptors (Lipinski definition) is 6. The third-order valence-electron chi connectivity index (χ3n) is 7.43. The molecule has 3 saturated heterocycles. The van der Waals surface area contributed by atoms with Crippen molar-refractivity contribution in [1.29, 1.82) is 0 Å². The van der Waals surface area contributed by atoms with Crippen molar-refractivity contribution in [2.75, 3.05) is 36.0 Å². The maximum Gasteiger partial charge on any atom is 0.410 e. The fourth-order valence-corrected chi connectivity index (χ4v) is 5.99. The van der Waals surface area contributed by atoms with Crippen LogP contribution in [0.2, 0.25) is 0 Å². The van der Waals surface area contributed by atoms with E-state index in [1.54, 1.807) is 0 Å². The maximum atomic E-state index is 12.7. The molecule has 5 rings (SSSR count). The third-order valence-corrected chi connectivity index (χ3v) is 7.43. The number of piperidine rings is 2. The first-order valence-corrected chi connectivity index (χ1v) is 12.2. The Kier molecular flexibility index (Phi) is 5.49. The summed E-state index contributed by atoms with van der Waals surface area (Å²) in [7, 11) is 0. The molecule has 0 aromatic heterocycles. The van der Waals surface area contributed by atoms with Crippen LogP contribution >= 0.6 is 0 Å². The van der Waals surface area contributed by atoms with Crippen LogP contribution in [0.1, 0.15) is 52.0 Å². The summed E-state index contributed by atoms with van der Waals surface area (Å²) in [5.74, 6) is 0.0811. The van der Waals surface area contributed by atoms with E-state index >= 15 is 0 Å². The van der Waals surface area contributed by atoms with Gasteiger partial charge in [0.15, 0.2) is 0 Å². The van der Waals surface area contributed by atoms with E-state index in [1.807, 2.05) is 25.7 Å². The Morgan fingerprint density at radius 3 is 2.58 bits per heavy atom. The molecular formula is C25H34N4O4. The Balaban J connectivity index is 1.30. The summed E-state index contributed by atoms with van der Waals surface area (Å²) in [6.07, 6.45) is 3.61. The highest BCUT2D eigenvalue weighted by Gasteiger charge is 2.43. The van der Waals surface area contributed by atoms with Crippen LogP contribution in [0.4, 0.5) is 16.2 Å². The molecule has 1 N–H and O–H groups in total. The van der Waals surface area contributed by atoms with E-state index < -0.39 is 5.60 Å². The SMILES string of the molecule is CC(C)(C)OC(=O)N1CC[C@H]2CN(c3cccc4c3CCN4C3CCC(=O)NC3=O)CCC21. The zero-order chi connectivity index (χ0) is 23.3. The highest BCUT2D eigenvalue weighted by Crippen LogP contribution is 2.41. The van der Waals surface area contributed by atoms with Gasteiger partial charge in [-0.15, -0.1) is 0 Å². The van der Waals surface area contributed by atoms with E-state index in [4.69, 9.17) is 4.74 Å². The first-order valence-electron chi connectivity index (χ1n) is 12.2. The average molecular weight is 455 g/mol. The number of imide groups is 1. The molecule has 1 aromatic rings. The van der Waals surface area contributed by atoms with Crippen LogP contribution < -0.4 is 15.1 Å². The number of carbonyl (C=O) groups excluding carboxylic acids is 3. The molecule has 33 heavy (non-hydrogen) atoms. The van der Waals surface area contributed by atoms with Gasteiger partial charge in [0.2, 0.25) is 11.8 Å². The molecule has 0 radical (unpaired) electrons. The first-order chi connectivity index (χ1) is 15.7. The van der Waals surface area contributed by atoms with Gasteiger partial charge < -0.3 is 19.4 Å². The van der Waals surface area contributed by atoms with Gasteiger partial charge in [-0.05, 0) is 64.5 Å². The van der Waals surface area contributed by atoms with Gasteiger partial charge in [-0.1, -0.05) is 6.07 Å². The fourth-order valence-electron chi connectivity index (χ4n) is 5.99. The second kappa shape index (κ2) is 8.22. The lowest BCUT2D eigenvalue weighted by Gasteiger charge is -2.40. The lowest BCUT2D eigenvalue weighted by atomic mass is 9.92. The van der Waals surface area contributed by atoms with Crippen molar-refractivity contribution in [1.82, 2.24) is 10.2 Å². The summed E-state index contributed by atoms with van der Waals surface area (Å²) in [4.78, 5) is 43.3. The normalized spacial score (nSPS) is 27.4. The fraction of sp³-hybridized carbons (Fsp3) is 0.640. The zero-order valence-electron chi connectivity index (χ0n) is 19.8. The smallest absolute Gasteiger partial charge is 0.410 e. The Bertz CT molecular complexity index is 972. The molecule has 1 aromatic carbocycles. The average Bonchev–Trinajstić information content (AvgIpc) is 3.36. The summed E-state index contributed by atoms with van der Waals surface area (Å²) in [6, 6.07) is 6.33. The lowest BCUT2D eigenvalue weighted by molar-refractivity contribution is -0.134. The summed E-state index contributed by atoms with van der Waals surface area (Å²) in [5, 5.41) is 2.50. The molecule has 178 valence electrons. The van der Waals surface area contributed by atoms with Crippen LogP contribution in [0.25, 0.3) is 0 Å². The number of nitrogens with zero attached hydrogens (tertiary/aromatic N) is 3. The summed E-state index contributed by atoms with van der Waals surface area (Å²) in [5.41, 5.74) is 3.18. The van der Waals surface area contributed by atoms with Gasteiger partial charge in [0.05, 0.1) is 0 Å². The number of benzene rings is 1. The van der Waals surface area contributed by atoms with Gasteiger partial charge in [0.1, 0.15) is 11.6 Å². The van der Waals surface area contributed by atoms with Crippen LogP contribution in [-0.4, -0.2) is 66.7 Å². The van der Waals surface area contributed by atoms with Crippen molar-refractivity contribution in [3.05, 3.63) is 23.8 Å². The summed E-state index contributed by atoms with van der Waals surface area (Å²) >= 11 is 0. The molecule has 0 aliphatic carbocycles. The predicted molar refractivity (Wildman–Crippen MR) is 125 cm³/mol. The first kappa shape index (κ1) is 22.0. The molecule has 4 aliphatic heterocycles. The van der Waals surface area contributed by atoms with Crippen molar-refractivity contribution in [2.45, 2.75) is 70.6 Å². The van der Waals surface area contributed by atoms with Gasteiger partial charge in [0, 0.05) is 55.6 Å². The van der Waals surface area contributed by atoms with Crippen molar-refractivity contribution in [3.8, 4) is 0 Å². The zero-order valence-corrected chi connectivity index (χ0v) is 19.8. The number of likely N-dealkylation sites (tertiary alicyclic amines) is 1. The number of anilines is 2. The standard InChI is InChI=1S/C25H34N4O4/c1-25(2,3)33-24(32)29-13-9-16-15-27(12-11-18(16)29)19-5-4-6-20-17(19)10-14-28(20)21-7-8-22(30)26-23(21)31/h4-6,16,18,21H,7-15H2,1-3H3,(H,26,30,31)/t16-,18?,21?/m0/s1. The van der Waals surface area contributed by atoms with Crippen molar-refractivity contribution in [3.63, 3.8) is 0 Å². The maximum absolute atomic E-state index is 12.7. The van der Waals surface area contributed by atoms with Gasteiger partial charge in [-0.3, -0.25) is 14.9 Å². The molecule has 2 unspecified atom stereocenters. The van der Waals surface area contributed by atoms with Crippen molar-refractivity contribution >= 4 is 29.3 Å². The quantitative estimate of drug-likeness (QED) is 0.692. The monoisotopic (exact) mass is 454 g/mol. The number of nitrogens with one attached hydrogen (secondary N) is 1. The topological polar surface area (TPSA) is 82.2 Å². The molecule has 0 bridgehead atoms. The van der Waals surface area contributed by atoms with Crippen LogP contribution in [0.15, 0.2) is 18.2 Å². The van der Waals surface area contributed by atoms with Crippen LogP contribution in [0, 0.1) is 5.92 Å². The predicted octanol–water partition coefficient (Wildman–Crippen LogP) is 2.69. The highest BCUT2D eigenvalue weighted by atomic mass is 16.6. The second-order valence-corrected chi connectivity index (χ2v) is 10.7. The van der Waals surface area contributed by atoms with E-state index in [2.05, 4.69) is 33.3 Å². The molecular weight excluding hydrogens is 420 g/mol. The van der Waals surface area contributed by atoms with E-state index in [1.165, 1.54) is 11.3 Å². The van der Waals surface area contributed by atoms with Crippen LogP contribution in [0.3, 0.4) is 0 Å². The van der Waals surface area contributed by atoms with Gasteiger partial charge in [-0.2, -0.15) is 0 Å². The van der Waals surface area contributed by atoms with E-state index in [0.717, 1.165) is 51.1 Å². The highest BCUT2D eigenvalue weighted by molar-refractivity contribution is 6.02. The Morgan fingerprint density at radius 2 is 1.82 bits per heavy atom. The third kappa shape index (κ3) is 4.15. The lowest BCUT2D eigenvalue weighted by Crippen LogP contribution is -2.52. The molecule has 0 spiro atoms. The van der Waals surface area contributed by atoms with E-state index in [-0.39, 0.29) is 30.0 Å². The Labute approximate surface area is 195 Å². The largest absolute Gasteiger partial charge is 0.444 e. The van der Waals surface area contributed by atoms with Crippen molar-refractivity contribution in [2.24, 2.45) is 5.92 Å². The molecule has 8 heteroatoms. The summed E-state index contributed by atoms with van der Waals surface area (Å²) < 4.78 is 5.64. The molecule has 3 atom stereocenters. The van der Waals surface area contributed by atoms with Crippen LogP contribution in [0.5, 0.6) is 0 Å². The number of carbonyl (C=O) groups is 3. The minimum Gasteiger partial charge on any atom is -0.444 e. The van der Waals surface area contributed by atoms with Crippen LogP contribution in [-0.2, 0) is 20.7 Å². The van der Waals surface area contributed by atoms with Crippen molar-refractivity contribution < 1.29 is 19.1 Å². The van der Waals surface area contributed by atoms with Gasteiger partial charge in [-0.25, -0.2) is 4.79 Å².